The summed E-state index contributed by atoms with van der Waals surface area (Å²) >= 11 is 1.89. The van der Waals surface area contributed by atoms with Crippen molar-refractivity contribution < 1.29 is 0 Å². The Balaban J connectivity index is 2.29. The molecule has 0 atom stereocenters. The quantitative estimate of drug-likeness (QED) is 0.439. The molecule has 1 aromatic carbocycles. The molecule has 0 amide bonds. The number of rotatable bonds is 7. The third-order valence-electron chi connectivity index (χ3n) is 2.38. The monoisotopic (exact) mass is 235 g/mol. The van der Waals surface area contributed by atoms with E-state index < -0.39 is 0 Å². The fraction of sp³-hybridized carbons (Fsp3) is 0.429. The van der Waals surface area contributed by atoms with Crippen LogP contribution in [-0.2, 0) is 0 Å². The molecule has 88 valence electrons. The van der Waals surface area contributed by atoms with Gasteiger partial charge in [-0.1, -0.05) is 32.1 Å². The summed E-state index contributed by atoms with van der Waals surface area (Å²) in [5.74, 6) is 1.72. The molecule has 0 unspecified atom stereocenters. The van der Waals surface area contributed by atoms with E-state index in [4.69, 9.17) is 0 Å². The van der Waals surface area contributed by atoms with Gasteiger partial charge in [0.25, 0.3) is 0 Å². The molecule has 0 saturated carbocycles. The number of nitrogens with one attached hydrogen (secondary N) is 1. The van der Waals surface area contributed by atoms with E-state index in [-0.39, 0.29) is 0 Å². The summed E-state index contributed by atoms with van der Waals surface area (Å²) in [4.78, 5) is 1.35. The van der Waals surface area contributed by atoms with E-state index in [1.54, 1.807) is 0 Å². The largest absolute Gasteiger partial charge is 0.312 e. The Bertz CT molecular complexity index is 303. The number of benzene rings is 1. The van der Waals surface area contributed by atoms with E-state index in [0.29, 0.717) is 5.92 Å². The smallest absolute Gasteiger partial charge is 0.0132 e. The Hall–Kier alpha value is -0.730. The fourth-order valence-electron chi connectivity index (χ4n) is 1.39. The molecule has 0 aliphatic rings. The third-order valence-corrected chi connectivity index (χ3v) is 3.40. The topological polar surface area (TPSA) is 12.0 Å². The molecule has 0 heterocycles. The minimum absolute atomic E-state index is 0.619. The lowest BCUT2D eigenvalue weighted by molar-refractivity contribution is 0.807. The highest BCUT2D eigenvalue weighted by Crippen LogP contribution is 2.21. The molecule has 0 aliphatic carbocycles. The maximum absolute atomic E-state index is 3.67. The Morgan fingerprint density at radius 3 is 2.56 bits per heavy atom. The summed E-state index contributed by atoms with van der Waals surface area (Å²) < 4.78 is 0. The van der Waals surface area contributed by atoms with Gasteiger partial charge in [0.15, 0.2) is 0 Å². The average Bonchev–Trinajstić information content (AvgIpc) is 2.29. The summed E-state index contributed by atoms with van der Waals surface area (Å²) in [5, 5.41) is 3.30. The summed E-state index contributed by atoms with van der Waals surface area (Å²) in [6, 6.07) is 8.88. The second-order valence-electron chi connectivity index (χ2n) is 4.06. The van der Waals surface area contributed by atoms with Crippen LogP contribution in [0.3, 0.4) is 0 Å². The van der Waals surface area contributed by atoms with Gasteiger partial charge in [-0.3, -0.25) is 0 Å². The predicted octanol–water partition coefficient (Wildman–Crippen LogP) is 3.68. The van der Waals surface area contributed by atoms with Crippen molar-refractivity contribution in [3.05, 3.63) is 42.5 Å². The van der Waals surface area contributed by atoms with Crippen molar-refractivity contribution in [3.63, 3.8) is 0 Å². The van der Waals surface area contributed by atoms with Crippen LogP contribution in [0.2, 0.25) is 0 Å². The van der Waals surface area contributed by atoms with Gasteiger partial charge in [-0.25, -0.2) is 0 Å². The SMILES string of the molecule is C=CCNCCSc1ccc(C(C)C)cc1. The highest BCUT2D eigenvalue weighted by Gasteiger charge is 1.98. The van der Waals surface area contributed by atoms with Gasteiger partial charge in [0, 0.05) is 23.7 Å². The minimum atomic E-state index is 0.619. The zero-order chi connectivity index (χ0) is 11.8. The van der Waals surface area contributed by atoms with Gasteiger partial charge < -0.3 is 5.32 Å². The van der Waals surface area contributed by atoms with Crippen LogP contribution >= 0.6 is 11.8 Å². The summed E-state index contributed by atoms with van der Waals surface area (Å²) in [7, 11) is 0. The molecule has 0 radical (unpaired) electrons. The van der Waals surface area contributed by atoms with E-state index in [0.717, 1.165) is 18.8 Å². The molecule has 0 spiro atoms. The highest BCUT2D eigenvalue weighted by atomic mass is 32.2. The molecule has 1 nitrogen and oxygen atoms in total. The molecule has 1 N–H and O–H groups in total. The van der Waals surface area contributed by atoms with E-state index in [1.165, 1.54) is 10.5 Å². The zero-order valence-electron chi connectivity index (χ0n) is 10.2. The Labute approximate surface area is 103 Å². The van der Waals surface area contributed by atoms with Crippen LogP contribution < -0.4 is 5.32 Å². The van der Waals surface area contributed by atoms with Crippen LogP contribution in [-0.4, -0.2) is 18.8 Å². The van der Waals surface area contributed by atoms with Gasteiger partial charge in [-0.2, -0.15) is 0 Å². The molecule has 0 aromatic heterocycles. The lowest BCUT2D eigenvalue weighted by Crippen LogP contribution is -2.16. The Morgan fingerprint density at radius 1 is 1.31 bits per heavy atom. The molecule has 0 saturated heterocycles. The molecular weight excluding hydrogens is 214 g/mol. The van der Waals surface area contributed by atoms with E-state index in [2.05, 4.69) is 50.0 Å². The Morgan fingerprint density at radius 2 is 2.00 bits per heavy atom. The highest BCUT2D eigenvalue weighted by molar-refractivity contribution is 7.99. The normalized spacial score (nSPS) is 10.7. The van der Waals surface area contributed by atoms with Gasteiger partial charge in [0.1, 0.15) is 0 Å². The maximum Gasteiger partial charge on any atom is 0.0132 e. The molecule has 0 fully saturated rings. The third kappa shape index (κ3) is 4.86. The molecular formula is C14H21NS. The van der Waals surface area contributed by atoms with Crippen LogP contribution in [0.15, 0.2) is 41.8 Å². The maximum atomic E-state index is 3.67. The average molecular weight is 235 g/mol. The predicted molar refractivity (Wildman–Crippen MR) is 74.3 cm³/mol. The summed E-state index contributed by atoms with van der Waals surface area (Å²) in [5.41, 5.74) is 1.41. The van der Waals surface area contributed by atoms with Crippen LogP contribution in [0.25, 0.3) is 0 Å². The van der Waals surface area contributed by atoms with Gasteiger partial charge in [-0.05, 0) is 23.6 Å². The van der Waals surface area contributed by atoms with Crippen LogP contribution in [0, 0.1) is 0 Å². The van der Waals surface area contributed by atoms with Crippen molar-refractivity contribution in [1.82, 2.24) is 5.32 Å². The van der Waals surface area contributed by atoms with Gasteiger partial charge >= 0.3 is 0 Å². The summed E-state index contributed by atoms with van der Waals surface area (Å²) in [6.07, 6.45) is 1.89. The Kier molecular flexibility index (Phi) is 6.27. The van der Waals surface area contributed by atoms with Crippen LogP contribution in [0.4, 0.5) is 0 Å². The van der Waals surface area contributed by atoms with Gasteiger partial charge in [0.05, 0.1) is 0 Å². The van der Waals surface area contributed by atoms with E-state index in [1.807, 2.05) is 17.8 Å². The molecule has 1 aromatic rings. The lowest BCUT2D eigenvalue weighted by atomic mass is 10.0. The number of hydrogen-bond donors (Lipinski definition) is 1. The first-order valence-electron chi connectivity index (χ1n) is 5.78. The van der Waals surface area contributed by atoms with Gasteiger partial charge in [-0.15, -0.1) is 18.3 Å². The first-order chi connectivity index (χ1) is 7.74. The van der Waals surface area contributed by atoms with Crippen molar-refractivity contribution in [1.29, 1.82) is 0 Å². The molecule has 2 heteroatoms. The molecule has 0 bridgehead atoms. The first kappa shape index (κ1) is 13.3. The van der Waals surface area contributed by atoms with Crippen molar-refractivity contribution in [2.24, 2.45) is 0 Å². The molecule has 16 heavy (non-hydrogen) atoms. The number of hydrogen-bond acceptors (Lipinski definition) is 2. The van der Waals surface area contributed by atoms with Crippen molar-refractivity contribution in [3.8, 4) is 0 Å². The fourth-order valence-corrected chi connectivity index (χ4v) is 2.20. The second kappa shape index (κ2) is 7.53. The van der Waals surface area contributed by atoms with E-state index >= 15 is 0 Å². The number of thioether (sulfide) groups is 1. The zero-order valence-corrected chi connectivity index (χ0v) is 11.0. The van der Waals surface area contributed by atoms with Gasteiger partial charge in [0.2, 0.25) is 0 Å². The standard InChI is InChI=1S/C14H21NS/c1-4-9-15-10-11-16-14-7-5-13(6-8-14)12(2)3/h4-8,12,15H,1,9-11H2,2-3H3. The van der Waals surface area contributed by atoms with Crippen molar-refractivity contribution in [2.75, 3.05) is 18.8 Å². The molecule has 1 rings (SSSR count). The van der Waals surface area contributed by atoms with Crippen molar-refractivity contribution in [2.45, 2.75) is 24.7 Å². The van der Waals surface area contributed by atoms with Crippen LogP contribution in [0.5, 0.6) is 0 Å². The first-order valence-corrected chi connectivity index (χ1v) is 6.77. The van der Waals surface area contributed by atoms with Crippen LogP contribution in [0.1, 0.15) is 25.3 Å². The molecule has 0 aliphatic heterocycles. The lowest BCUT2D eigenvalue weighted by Gasteiger charge is -2.06. The minimum Gasteiger partial charge on any atom is -0.312 e. The van der Waals surface area contributed by atoms with E-state index in [9.17, 15) is 0 Å². The van der Waals surface area contributed by atoms with Crippen molar-refractivity contribution >= 4 is 11.8 Å². The summed E-state index contributed by atoms with van der Waals surface area (Å²) in [6.45, 7) is 10.0. The second-order valence-corrected chi connectivity index (χ2v) is 5.23.